The summed E-state index contributed by atoms with van der Waals surface area (Å²) in [7, 11) is 0. The van der Waals surface area contributed by atoms with Crippen molar-refractivity contribution in [1.29, 1.82) is 0 Å². The van der Waals surface area contributed by atoms with Gasteiger partial charge in [-0.05, 0) is 54.2 Å². The lowest BCUT2D eigenvalue weighted by Gasteiger charge is -2.08. The maximum absolute atomic E-state index is 10.9. The first-order valence-corrected chi connectivity index (χ1v) is 9.35. The summed E-state index contributed by atoms with van der Waals surface area (Å²) in [5.41, 5.74) is 4.96. The lowest BCUT2D eigenvalue weighted by atomic mass is 10.2. The maximum Gasteiger partial charge on any atom is 0.335 e. The van der Waals surface area contributed by atoms with Gasteiger partial charge in [0.2, 0.25) is 0 Å². The van der Waals surface area contributed by atoms with Gasteiger partial charge in [-0.25, -0.2) is 4.79 Å². The number of thiocarbonyl (C=S) groups is 1. The highest BCUT2D eigenvalue weighted by Gasteiger charge is 2.04. The van der Waals surface area contributed by atoms with E-state index in [1.165, 1.54) is 24.4 Å². The maximum atomic E-state index is 10.9. The summed E-state index contributed by atoms with van der Waals surface area (Å²) in [5, 5.41) is 26.2. The fourth-order valence-electron chi connectivity index (χ4n) is 2.48. The number of hydrogen-bond donors (Lipinski definition) is 4. The molecule has 0 radical (unpaired) electrons. The quantitative estimate of drug-likeness (QED) is 0.260. The molecule has 7 nitrogen and oxygen atoms in total. The fraction of sp³-hybridized carbons (Fsp3) is 0.0455. The van der Waals surface area contributed by atoms with Crippen molar-refractivity contribution in [3.05, 3.63) is 89.5 Å². The third-order valence-corrected chi connectivity index (χ3v) is 4.20. The third kappa shape index (κ3) is 6.05. The van der Waals surface area contributed by atoms with Gasteiger partial charge in [-0.1, -0.05) is 30.3 Å². The van der Waals surface area contributed by atoms with Crippen LogP contribution in [-0.4, -0.2) is 27.5 Å². The van der Waals surface area contributed by atoms with Gasteiger partial charge in [-0.15, -0.1) is 0 Å². The first kappa shape index (κ1) is 20.8. The van der Waals surface area contributed by atoms with Gasteiger partial charge in [0.25, 0.3) is 0 Å². The Labute approximate surface area is 178 Å². The van der Waals surface area contributed by atoms with Crippen molar-refractivity contribution in [2.45, 2.75) is 6.61 Å². The number of anilines is 1. The molecule has 0 unspecified atom stereocenters. The van der Waals surface area contributed by atoms with Crippen LogP contribution in [-0.2, 0) is 6.61 Å². The molecule has 4 N–H and O–H groups in total. The molecule has 30 heavy (non-hydrogen) atoms. The molecule has 8 heteroatoms. The molecule has 0 bridgehead atoms. The minimum Gasteiger partial charge on any atom is -0.507 e. The van der Waals surface area contributed by atoms with Gasteiger partial charge in [-0.3, -0.25) is 5.43 Å². The van der Waals surface area contributed by atoms with Crippen LogP contribution in [0.2, 0.25) is 0 Å². The van der Waals surface area contributed by atoms with Gasteiger partial charge in [0.05, 0.1) is 11.8 Å². The Morgan fingerprint density at radius 1 is 1.07 bits per heavy atom. The van der Waals surface area contributed by atoms with E-state index in [0.29, 0.717) is 23.6 Å². The smallest absolute Gasteiger partial charge is 0.335 e. The van der Waals surface area contributed by atoms with Crippen LogP contribution in [0, 0.1) is 0 Å². The van der Waals surface area contributed by atoms with Crippen LogP contribution in [0.25, 0.3) is 0 Å². The Morgan fingerprint density at radius 2 is 1.80 bits per heavy atom. The molecule has 0 atom stereocenters. The number of carbonyl (C=O) groups is 1. The summed E-state index contributed by atoms with van der Waals surface area (Å²) in [5.74, 6) is -0.430. The topological polar surface area (TPSA) is 103 Å². The number of carboxylic acid groups (broad SMARTS) is 1. The summed E-state index contributed by atoms with van der Waals surface area (Å²) >= 11 is 5.14. The molecular formula is C22H19N3O4S. The molecule has 0 aromatic heterocycles. The summed E-state index contributed by atoms with van der Waals surface area (Å²) in [4.78, 5) is 10.9. The number of benzene rings is 3. The second-order valence-corrected chi connectivity index (χ2v) is 6.61. The van der Waals surface area contributed by atoms with E-state index in [0.717, 1.165) is 5.56 Å². The van der Waals surface area contributed by atoms with Crippen molar-refractivity contribution in [2.24, 2.45) is 5.10 Å². The molecule has 3 aromatic rings. The SMILES string of the molecule is O=C(O)c1ccc(NC(=S)N/N=C/c2ccc(OCc3ccccc3)cc2O)cc1. The molecule has 0 aliphatic rings. The number of nitrogens with one attached hydrogen (secondary N) is 2. The summed E-state index contributed by atoms with van der Waals surface area (Å²) in [6.45, 7) is 0.405. The fourth-order valence-corrected chi connectivity index (χ4v) is 2.65. The van der Waals surface area contributed by atoms with E-state index in [1.54, 1.807) is 24.3 Å². The number of rotatable bonds is 7. The largest absolute Gasteiger partial charge is 0.507 e. The summed E-state index contributed by atoms with van der Waals surface area (Å²) in [6, 6.07) is 20.8. The molecule has 0 fully saturated rings. The molecule has 0 heterocycles. The van der Waals surface area contributed by atoms with E-state index in [4.69, 9.17) is 22.1 Å². The van der Waals surface area contributed by atoms with Gasteiger partial charge in [0.15, 0.2) is 5.11 Å². The molecule has 152 valence electrons. The van der Waals surface area contributed by atoms with E-state index < -0.39 is 5.97 Å². The predicted octanol–water partition coefficient (Wildman–Crippen LogP) is 3.99. The van der Waals surface area contributed by atoms with Crippen molar-refractivity contribution in [3.8, 4) is 11.5 Å². The molecule has 0 aliphatic carbocycles. The molecule has 0 aliphatic heterocycles. The molecular weight excluding hydrogens is 402 g/mol. The highest BCUT2D eigenvalue weighted by molar-refractivity contribution is 7.80. The van der Waals surface area contributed by atoms with Gasteiger partial charge in [0, 0.05) is 17.3 Å². The van der Waals surface area contributed by atoms with Crippen molar-refractivity contribution in [2.75, 3.05) is 5.32 Å². The Morgan fingerprint density at radius 3 is 2.47 bits per heavy atom. The molecule has 0 amide bonds. The van der Waals surface area contributed by atoms with Gasteiger partial charge in [0.1, 0.15) is 18.1 Å². The zero-order valence-corrected chi connectivity index (χ0v) is 16.6. The molecule has 0 spiro atoms. The lowest BCUT2D eigenvalue weighted by Crippen LogP contribution is -2.23. The number of hydrogen-bond acceptors (Lipinski definition) is 5. The Balaban J connectivity index is 1.51. The Kier molecular flexibility index (Phi) is 6.96. The number of carboxylic acids is 1. The zero-order chi connectivity index (χ0) is 21.3. The van der Waals surface area contributed by atoms with E-state index in [1.807, 2.05) is 30.3 Å². The highest BCUT2D eigenvalue weighted by Crippen LogP contribution is 2.23. The zero-order valence-electron chi connectivity index (χ0n) is 15.8. The third-order valence-electron chi connectivity index (χ3n) is 4.01. The van der Waals surface area contributed by atoms with E-state index >= 15 is 0 Å². The van der Waals surface area contributed by atoms with Crippen LogP contribution in [0.1, 0.15) is 21.5 Å². The normalized spacial score (nSPS) is 10.5. The highest BCUT2D eigenvalue weighted by atomic mass is 32.1. The molecule has 0 saturated heterocycles. The van der Waals surface area contributed by atoms with E-state index in [9.17, 15) is 9.90 Å². The first-order valence-electron chi connectivity index (χ1n) is 8.94. The minimum atomic E-state index is -0.997. The van der Waals surface area contributed by atoms with Gasteiger partial charge in [-0.2, -0.15) is 5.10 Å². The van der Waals surface area contributed by atoms with Gasteiger partial charge < -0.3 is 20.3 Å². The van der Waals surface area contributed by atoms with Crippen LogP contribution < -0.4 is 15.5 Å². The molecule has 3 rings (SSSR count). The number of hydrazone groups is 1. The second-order valence-electron chi connectivity index (χ2n) is 6.20. The Hall–Kier alpha value is -3.91. The predicted molar refractivity (Wildman–Crippen MR) is 119 cm³/mol. The average Bonchev–Trinajstić information content (AvgIpc) is 2.75. The van der Waals surface area contributed by atoms with Crippen LogP contribution in [0.15, 0.2) is 77.9 Å². The number of phenolic OH excluding ortho intramolecular Hbond substituents is 1. The average molecular weight is 421 g/mol. The summed E-state index contributed by atoms with van der Waals surface area (Å²) < 4.78 is 5.67. The number of aromatic hydroxyl groups is 1. The lowest BCUT2D eigenvalue weighted by molar-refractivity contribution is 0.0697. The summed E-state index contributed by atoms with van der Waals surface area (Å²) in [6.07, 6.45) is 1.43. The van der Waals surface area contributed by atoms with E-state index in [-0.39, 0.29) is 16.4 Å². The molecule has 0 saturated carbocycles. The number of phenols is 1. The Bertz CT molecular complexity index is 1050. The van der Waals surface area contributed by atoms with Crippen molar-refractivity contribution < 1.29 is 19.7 Å². The van der Waals surface area contributed by atoms with Crippen molar-refractivity contribution >= 4 is 35.2 Å². The number of aromatic carboxylic acids is 1. The van der Waals surface area contributed by atoms with Gasteiger partial charge >= 0.3 is 5.97 Å². The standard InChI is InChI=1S/C22H19N3O4S/c26-20-12-19(29-14-15-4-2-1-3-5-15)11-8-17(20)13-23-25-22(30)24-18-9-6-16(7-10-18)21(27)28/h1-13,26H,14H2,(H,27,28)(H2,24,25,30)/b23-13+. The number of ether oxygens (including phenoxy) is 1. The first-order chi connectivity index (χ1) is 14.5. The second kappa shape index (κ2) is 10.0. The monoisotopic (exact) mass is 421 g/mol. The van der Waals surface area contributed by atoms with Crippen LogP contribution in [0.3, 0.4) is 0 Å². The van der Waals surface area contributed by atoms with Crippen LogP contribution in [0.5, 0.6) is 11.5 Å². The van der Waals surface area contributed by atoms with Crippen molar-refractivity contribution in [1.82, 2.24) is 5.43 Å². The van der Waals surface area contributed by atoms with Crippen LogP contribution >= 0.6 is 12.2 Å². The number of nitrogens with zero attached hydrogens (tertiary/aromatic N) is 1. The van der Waals surface area contributed by atoms with Crippen LogP contribution in [0.4, 0.5) is 5.69 Å². The van der Waals surface area contributed by atoms with Crippen molar-refractivity contribution in [3.63, 3.8) is 0 Å². The van der Waals surface area contributed by atoms with E-state index in [2.05, 4.69) is 15.8 Å². The molecule has 3 aromatic carbocycles. The minimum absolute atomic E-state index is 0.0225.